The summed E-state index contributed by atoms with van der Waals surface area (Å²) in [5.41, 5.74) is 5.62. The normalized spacial score (nSPS) is 16.2. The Morgan fingerprint density at radius 2 is 1.91 bits per heavy atom. The van der Waals surface area contributed by atoms with E-state index in [1.807, 2.05) is 37.3 Å². The van der Waals surface area contributed by atoms with Crippen LogP contribution < -0.4 is 10.1 Å². The van der Waals surface area contributed by atoms with E-state index in [1.165, 1.54) is 5.56 Å². The number of hydrogen-bond acceptors (Lipinski definition) is 5. The number of allylic oxidation sites excluding steroid dienone is 1. The molecule has 1 aromatic heterocycles. The summed E-state index contributed by atoms with van der Waals surface area (Å²) in [4.78, 5) is 19.1. The average Bonchev–Trinajstić information content (AvgIpc) is 3.28. The van der Waals surface area contributed by atoms with E-state index in [-0.39, 0.29) is 6.03 Å². The van der Waals surface area contributed by atoms with Crippen LogP contribution in [0.15, 0.2) is 65.3 Å². The van der Waals surface area contributed by atoms with Crippen molar-refractivity contribution in [1.82, 2.24) is 20.4 Å². The Morgan fingerprint density at radius 1 is 1.16 bits per heavy atom. The Bertz CT molecular complexity index is 1190. The number of aryl methyl sites for hydroxylation is 2. The molecule has 2 amide bonds. The molecule has 1 aliphatic rings. The van der Waals surface area contributed by atoms with Crippen molar-refractivity contribution in [3.8, 4) is 17.1 Å². The lowest BCUT2D eigenvalue weighted by molar-refractivity contribution is 0.209. The van der Waals surface area contributed by atoms with Gasteiger partial charge in [0.15, 0.2) is 0 Å². The van der Waals surface area contributed by atoms with Gasteiger partial charge in [0.25, 0.3) is 5.89 Å². The van der Waals surface area contributed by atoms with E-state index in [9.17, 15) is 4.79 Å². The number of amides is 2. The third-order valence-corrected chi connectivity index (χ3v) is 5.78. The molecule has 0 bridgehead atoms. The summed E-state index contributed by atoms with van der Waals surface area (Å²) in [5.74, 6) is 1.58. The molecule has 0 spiro atoms. The maximum atomic E-state index is 12.8. The molecule has 32 heavy (non-hydrogen) atoms. The third-order valence-electron chi connectivity index (χ3n) is 5.78. The van der Waals surface area contributed by atoms with Crippen LogP contribution in [0.1, 0.15) is 35.5 Å². The zero-order valence-electron chi connectivity index (χ0n) is 18.7. The summed E-state index contributed by atoms with van der Waals surface area (Å²) in [6, 6.07) is 13.0. The first-order valence-corrected chi connectivity index (χ1v) is 10.4. The van der Waals surface area contributed by atoms with Gasteiger partial charge in [-0.05, 0) is 61.7 Å². The number of carbonyl (C=O) groups excluding carboxylic acids is 1. The van der Waals surface area contributed by atoms with Gasteiger partial charge < -0.3 is 14.6 Å². The fraction of sp³-hybridized carbons (Fsp3) is 0.240. The molecule has 1 aliphatic heterocycles. The van der Waals surface area contributed by atoms with Crippen molar-refractivity contribution in [3.63, 3.8) is 0 Å². The Labute approximate surface area is 187 Å². The number of methoxy groups -OCH3 is 1. The van der Waals surface area contributed by atoms with Crippen LogP contribution in [0.3, 0.4) is 0 Å². The summed E-state index contributed by atoms with van der Waals surface area (Å²) in [6.45, 7) is 10.2. The summed E-state index contributed by atoms with van der Waals surface area (Å²) in [5, 5.41) is 7.28. The van der Waals surface area contributed by atoms with Crippen LogP contribution in [-0.2, 0) is 0 Å². The van der Waals surface area contributed by atoms with Gasteiger partial charge in [-0.3, -0.25) is 4.90 Å². The SMILES string of the molecule is C=CCN1C(=O)NC(c2ccc(C)c(C)c2)C(c2nc(-c3ccc(OC)cc3)no2)=C1C. The molecule has 0 radical (unpaired) electrons. The predicted octanol–water partition coefficient (Wildman–Crippen LogP) is 5.05. The Balaban J connectivity index is 1.80. The maximum absolute atomic E-state index is 12.8. The lowest BCUT2D eigenvalue weighted by atomic mass is 9.92. The van der Waals surface area contributed by atoms with Crippen molar-refractivity contribution < 1.29 is 14.1 Å². The lowest BCUT2D eigenvalue weighted by Crippen LogP contribution is -2.46. The molecule has 1 unspecified atom stereocenters. The third kappa shape index (κ3) is 3.89. The van der Waals surface area contributed by atoms with E-state index in [4.69, 9.17) is 9.26 Å². The minimum absolute atomic E-state index is 0.190. The number of carbonyl (C=O) groups is 1. The predicted molar refractivity (Wildman–Crippen MR) is 123 cm³/mol. The molecule has 164 valence electrons. The van der Waals surface area contributed by atoms with E-state index in [0.29, 0.717) is 18.3 Å². The van der Waals surface area contributed by atoms with Gasteiger partial charge in [-0.15, -0.1) is 6.58 Å². The molecule has 1 N–H and O–H groups in total. The number of nitrogens with zero attached hydrogens (tertiary/aromatic N) is 3. The molecule has 1 atom stereocenters. The monoisotopic (exact) mass is 430 g/mol. The summed E-state index contributed by atoms with van der Waals surface area (Å²) >= 11 is 0. The average molecular weight is 431 g/mol. The Kier molecular flexibility index (Phi) is 5.81. The Hall–Kier alpha value is -3.87. The standard InChI is InChI=1S/C25H26N4O3/c1-6-13-29-17(4)21(22(26-25(29)30)19-8-7-15(2)16(3)14-19)24-27-23(28-32-24)18-9-11-20(31-5)12-10-18/h6-12,14,22H,1,13H2,2-5H3,(H,26,30). The molecule has 0 saturated heterocycles. The Morgan fingerprint density at radius 3 is 2.56 bits per heavy atom. The van der Waals surface area contributed by atoms with E-state index in [1.54, 1.807) is 18.1 Å². The second-order valence-electron chi connectivity index (χ2n) is 7.78. The van der Waals surface area contributed by atoms with Crippen molar-refractivity contribution >= 4 is 11.6 Å². The molecule has 2 heterocycles. The van der Waals surface area contributed by atoms with Crippen LogP contribution in [0.5, 0.6) is 5.75 Å². The maximum Gasteiger partial charge on any atom is 0.322 e. The summed E-state index contributed by atoms with van der Waals surface area (Å²) < 4.78 is 10.9. The molecular formula is C25H26N4O3. The first-order chi connectivity index (χ1) is 15.4. The van der Waals surface area contributed by atoms with Crippen molar-refractivity contribution in [1.29, 1.82) is 0 Å². The fourth-order valence-corrected chi connectivity index (χ4v) is 3.79. The van der Waals surface area contributed by atoms with Gasteiger partial charge in [0.2, 0.25) is 5.82 Å². The van der Waals surface area contributed by atoms with Gasteiger partial charge in [-0.1, -0.05) is 29.4 Å². The van der Waals surface area contributed by atoms with Gasteiger partial charge in [0.05, 0.1) is 18.7 Å². The van der Waals surface area contributed by atoms with Crippen molar-refractivity contribution in [2.45, 2.75) is 26.8 Å². The highest BCUT2D eigenvalue weighted by Gasteiger charge is 2.35. The number of hydrogen-bond donors (Lipinski definition) is 1. The lowest BCUT2D eigenvalue weighted by Gasteiger charge is -2.34. The fourth-order valence-electron chi connectivity index (χ4n) is 3.79. The van der Waals surface area contributed by atoms with Crippen molar-refractivity contribution in [2.75, 3.05) is 13.7 Å². The molecule has 0 aliphatic carbocycles. The zero-order chi connectivity index (χ0) is 22.8. The summed E-state index contributed by atoms with van der Waals surface area (Å²) in [6.07, 6.45) is 1.69. The first-order valence-electron chi connectivity index (χ1n) is 10.4. The van der Waals surface area contributed by atoms with E-state index < -0.39 is 6.04 Å². The molecular weight excluding hydrogens is 404 g/mol. The second kappa shape index (κ2) is 8.70. The highest BCUT2D eigenvalue weighted by atomic mass is 16.5. The van der Waals surface area contributed by atoms with Crippen LogP contribution in [0.2, 0.25) is 0 Å². The van der Waals surface area contributed by atoms with Crippen LogP contribution in [0, 0.1) is 13.8 Å². The van der Waals surface area contributed by atoms with Crippen LogP contribution in [0.4, 0.5) is 4.79 Å². The number of aromatic nitrogens is 2. The molecule has 0 saturated carbocycles. The zero-order valence-corrected chi connectivity index (χ0v) is 18.7. The van der Waals surface area contributed by atoms with Crippen LogP contribution in [-0.4, -0.2) is 34.7 Å². The minimum Gasteiger partial charge on any atom is -0.497 e. The number of ether oxygens (including phenoxy) is 1. The number of nitrogens with one attached hydrogen (secondary N) is 1. The highest BCUT2D eigenvalue weighted by Crippen LogP contribution is 2.37. The molecule has 7 heteroatoms. The molecule has 3 aromatic rings. The van der Waals surface area contributed by atoms with E-state index >= 15 is 0 Å². The van der Waals surface area contributed by atoms with Gasteiger partial charge >= 0.3 is 6.03 Å². The first kappa shape index (κ1) is 21.4. The second-order valence-corrected chi connectivity index (χ2v) is 7.78. The van der Waals surface area contributed by atoms with Gasteiger partial charge in [0.1, 0.15) is 5.75 Å². The van der Waals surface area contributed by atoms with Crippen molar-refractivity contribution in [2.24, 2.45) is 0 Å². The smallest absolute Gasteiger partial charge is 0.322 e. The van der Waals surface area contributed by atoms with Gasteiger partial charge in [0, 0.05) is 17.8 Å². The van der Waals surface area contributed by atoms with Gasteiger partial charge in [-0.2, -0.15) is 4.98 Å². The van der Waals surface area contributed by atoms with Crippen LogP contribution in [0.25, 0.3) is 17.0 Å². The minimum atomic E-state index is -0.410. The largest absolute Gasteiger partial charge is 0.497 e. The van der Waals surface area contributed by atoms with Crippen LogP contribution >= 0.6 is 0 Å². The van der Waals surface area contributed by atoms with Crippen molar-refractivity contribution in [3.05, 3.63) is 83.4 Å². The number of urea groups is 1. The van der Waals surface area contributed by atoms with Gasteiger partial charge in [-0.25, -0.2) is 4.79 Å². The number of benzene rings is 2. The molecule has 0 fully saturated rings. The highest BCUT2D eigenvalue weighted by molar-refractivity contribution is 5.87. The van der Waals surface area contributed by atoms with E-state index in [2.05, 4.69) is 48.0 Å². The quantitative estimate of drug-likeness (QED) is 0.554. The molecule has 4 rings (SSSR count). The van der Waals surface area contributed by atoms with E-state index in [0.717, 1.165) is 33.7 Å². The molecule has 7 nitrogen and oxygen atoms in total. The molecule has 2 aromatic carbocycles. The number of rotatable bonds is 6. The summed E-state index contributed by atoms with van der Waals surface area (Å²) in [7, 11) is 1.62. The topological polar surface area (TPSA) is 80.5 Å².